The van der Waals surface area contributed by atoms with Gasteiger partial charge in [0.25, 0.3) is 0 Å². The van der Waals surface area contributed by atoms with Crippen molar-refractivity contribution >= 4 is 16.9 Å². The molecule has 0 aliphatic carbocycles. The van der Waals surface area contributed by atoms with Crippen molar-refractivity contribution in [2.45, 2.75) is 45.1 Å². The molecule has 0 radical (unpaired) electrons. The Hall–Kier alpha value is -3.61. The predicted molar refractivity (Wildman–Crippen MR) is 141 cm³/mol. The highest BCUT2D eigenvalue weighted by atomic mass is 19.2. The second kappa shape index (κ2) is 12.5. The van der Waals surface area contributed by atoms with Crippen molar-refractivity contribution in [3.8, 4) is 17.6 Å². The van der Waals surface area contributed by atoms with E-state index in [1.807, 2.05) is 18.2 Å². The summed E-state index contributed by atoms with van der Waals surface area (Å²) in [5.41, 5.74) is 2.25. The van der Waals surface area contributed by atoms with Crippen LogP contribution < -0.4 is 4.74 Å². The van der Waals surface area contributed by atoms with Crippen LogP contribution in [0.15, 0.2) is 36.5 Å². The SMILES string of the molecule is COc1ccc2ncc(CO)c(CCCC3(CC(=O)O)CCN(CC#Cc4cc(F)c(F)c(F)c4)CC3)c2c1. The Morgan fingerprint density at radius 3 is 2.51 bits per heavy atom. The molecule has 39 heavy (non-hydrogen) atoms. The van der Waals surface area contributed by atoms with E-state index in [1.54, 1.807) is 13.3 Å². The molecule has 2 N–H and O–H groups in total. The van der Waals surface area contributed by atoms with Crippen molar-refractivity contribution in [3.63, 3.8) is 0 Å². The molecule has 1 aromatic heterocycles. The highest BCUT2D eigenvalue weighted by Gasteiger charge is 2.36. The summed E-state index contributed by atoms with van der Waals surface area (Å²) in [6.07, 6.45) is 5.24. The lowest BCUT2D eigenvalue weighted by Crippen LogP contribution is -2.41. The van der Waals surface area contributed by atoms with Gasteiger partial charge >= 0.3 is 5.97 Å². The number of halogens is 3. The monoisotopic (exact) mass is 540 g/mol. The molecule has 3 aromatic rings. The first kappa shape index (κ1) is 28.4. The Morgan fingerprint density at radius 2 is 1.87 bits per heavy atom. The lowest BCUT2D eigenvalue weighted by Gasteiger charge is -2.41. The van der Waals surface area contributed by atoms with Crippen LogP contribution in [-0.4, -0.2) is 52.8 Å². The van der Waals surface area contributed by atoms with E-state index < -0.39 is 23.4 Å². The Balaban J connectivity index is 1.41. The van der Waals surface area contributed by atoms with Crippen molar-refractivity contribution in [2.24, 2.45) is 5.41 Å². The maximum absolute atomic E-state index is 13.4. The summed E-state index contributed by atoms with van der Waals surface area (Å²) >= 11 is 0. The number of likely N-dealkylation sites (tertiary alicyclic amines) is 1. The number of carboxylic acids is 1. The number of ether oxygens (including phenoxy) is 1. The summed E-state index contributed by atoms with van der Waals surface area (Å²) < 4.78 is 45.3. The van der Waals surface area contributed by atoms with Gasteiger partial charge in [-0.1, -0.05) is 11.8 Å². The smallest absolute Gasteiger partial charge is 0.303 e. The number of methoxy groups -OCH3 is 1. The van der Waals surface area contributed by atoms with E-state index in [2.05, 4.69) is 21.7 Å². The number of aryl methyl sites for hydroxylation is 1. The molecule has 6 nitrogen and oxygen atoms in total. The molecular formula is C30H31F3N2O4. The standard InChI is InChI=1S/C30H31F3N2O4/c1-39-22-6-7-27-24(16-22)23(21(19-36)18-34-27)5-2-8-30(17-28(37)38)9-12-35(13-10-30)11-3-4-20-14-25(31)29(33)26(32)15-20/h6-7,14-16,18,36H,2,5,8-13,17,19H2,1H3,(H,37,38). The first-order valence-electron chi connectivity index (χ1n) is 12.9. The third kappa shape index (κ3) is 6.88. The molecule has 0 unspecified atom stereocenters. The molecule has 0 saturated carbocycles. The number of pyridine rings is 1. The molecule has 1 fully saturated rings. The number of aliphatic carboxylic acids is 1. The van der Waals surface area contributed by atoms with Crippen molar-refractivity contribution < 1.29 is 32.9 Å². The van der Waals surface area contributed by atoms with Crippen LogP contribution in [0.5, 0.6) is 5.75 Å². The third-order valence-electron chi connectivity index (χ3n) is 7.54. The number of hydrogen-bond donors (Lipinski definition) is 2. The minimum Gasteiger partial charge on any atom is -0.497 e. The molecule has 0 spiro atoms. The van der Waals surface area contributed by atoms with E-state index in [4.69, 9.17) is 4.74 Å². The second-order valence-corrected chi connectivity index (χ2v) is 10.1. The number of piperidine rings is 1. The minimum atomic E-state index is -1.52. The predicted octanol–water partition coefficient (Wildman–Crippen LogP) is 5.08. The molecule has 9 heteroatoms. The van der Waals surface area contributed by atoms with Crippen LogP contribution in [0, 0.1) is 34.7 Å². The second-order valence-electron chi connectivity index (χ2n) is 10.1. The molecule has 1 aliphatic heterocycles. The summed E-state index contributed by atoms with van der Waals surface area (Å²) in [5, 5.41) is 20.5. The number of benzene rings is 2. The summed E-state index contributed by atoms with van der Waals surface area (Å²) in [5.74, 6) is 1.35. The number of carboxylic acid groups (broad SMARTS) is 1. The lowest BCUT2D eigenvalue weighted by atomic mass is 9.72. The minimum absolute atomic E-state index is 0.0622. The summed E-state index contributed by atoms with van der Waals surface area (Å²) in [6, 6.07) is 7.37. The van der Waals surface area contributed by atoms with Crippen LogP contribution >= 0.6 is 0 Å². The number of hydrogen-bond acceptors (Lipinski definition) is 5. The number of carbonyl (C=O) groups is 1. The van der Waals surface area contributed by atoms with Gasteiger partial charge in [-0.05, 0) is 92.1 Å². The Kier molecular flexibility index (Phi) is 9.10. The Morgan fingerprint density at radius 1 is 1.15 bits per heavy atom. The van der Waals surface area contributed by atoms with Gasteiger partial charge in [-0.3, -0.25) is 14.7 Å². The summed E-state index contributed by atoms with van der Waals surface area (Å²) in [7, 11) is 1.60. The molecule has 0 atom stereocenters. The average molecular weight is 541 g/mol. The molecule has 206 valence electrons. The zero-order valence-electron chi connectivity index (χ0n) is 21.8. The normalized spacial score (nSPS) is 15.1. The highest BCUT2D eigenvalue weighted by molar-refractivity contribution is 5.84. The number of aliphatic hydroxyl groups is 1. The van der Waals surface area contributed by atoms with E-state index in [1.165, 1.54) is 0 Å². The number of nitrogens with zero attached hydrogens (tertiary/aromatic N) is 2. The topological polar surface area (TPSA) is 82.9 Å². The van der Waals surface area contributed by atoms with Gasteiger partial charge < -0.3 is 14.9 Å². The van der Waals surface area contributed by atoms with Gasteiger partial charge in [0.2, 0.25) is 0 Å². The van der Waals surface area contributed by atoms with Crippen LogP contribution in [0.1, 0.15) is 48.8 Å². The quantitative estimate of drug-likeness (QED) is 0.291. The lowest BCUT2D eigenvalue weighted by molar-refractivity contribution is -0.140. The van der Waals surface area contributed by atoms with Crippen molar-refractivity contribution in [1.29, 1.82) is 0 Å². The zero-order chi connectivity index (χ0) is 28.0. The Bertz CT molecular complexity index is 1380. The molecule has 0 bridgehead atoms. The van der Waals surface area contributed by atoms with E-state index in [-0.39, 0.29) is 24.0 Å². The van der Waals surface area contributed by atoms with Crippen molar-refractivity contribution in [3.05, 3.63) is 70.7 Å². The molecular weight excluding hydrogens is 509 g/mol. The van der Waals surface area contributed by atoms with E-state index in [9.17, 15) is 28.2 Å². The maximum atomic E-state index is 13.4. The first-order valence-corrected chi connectivity index (χ1v) is 12.9. The highest BCUT2D eigenvalue weighted by Crippen LogP contribution is 2.40. The summed E-state index contributed by atoms with van der Waals surface area (Å²) in [4.78, 5) is 18.3. The molecule has 2 heterocycles. The van der Waals surface area contributed by atoms with Gasteiger partial charge in [0.15, 0.2) is 17.5 Å². The van der Waals surface area contributed by atoms with Gasteiger partial charge in [-0.15, -0.1) is 0 Å². The average Bonchev–Trinajstić information content (AvgIpc) is 2.92. The molecule has 2 aromatic carbocycles. The zero-order valence-corrected chi connectivity index (χ0v) is 21.8. The number of aliphatic hydroxyl groups excluding tert-OH is 1. The van der Waals surface area contributed by atoms with E-state index in [0.29, 0.717) is 51.1 Å². The molecule has 1 aliphatic rings. The molecule has 1 saturated heterocycles. The van der Waals surface area contributed by atoms with Gasteiger partial charge in [0.1, 0.15) is 5.75 Å². The van der Waals surface area contributed by atoms with Gasteiger partial charge in [-0.2, -0.15) is 0 Å². The van der Waals surface area contributed by atoms with Gasteiger partial charge in [0.05, 0.1) is 32.2 Å². The van der Waals surface area contributed by atoms with Crippen LogP contribution in [-0.2, 0) is 17.8 Å². The van der Waals surface area contributed by atoms with Crippen LogP contribution in [0.3, 0.4) is 0 Å². The molecule has 0 amide bonds. The third-order valence-corrected chi connectivity index (χ3v) is 7.54. The van der Waals surface area contributed by atoms with Gasteiger partial charge in [0, 0.05) is 17.1 Å². The largest absolute Gasteiger partial charge is 0.497 e. The fraction of sp³-hybridized carbons (Fsp3) is 0.400. The fourth-order valence-electron chi connectivity index (χ4n) is 5.37. The Labute approximate surface area is 225 Å². The number of rotatable bonds is 9. The van der Waals surface area contributed by atoms with E-state index in [0.717, 1.165) is 40.6 Å². The number of fused-ring (bicyclic) bond motifs is 1. The van der Waals surface area contributed by atoms with Crippen molar-refractivity contribution in [1.82, 2.24) is 9.88 Å². The van der Waals surface area contributed by atoms with Crippen molar-refractivity contribution in [2.75, 3.05) is 26.7 Å². The van der Waals surface area contributed by atoms with Crippen LogP contribution in [0.25, 0.3) is 10.9 Å². The van der Waals surface area contributed by atoms with E-state index >= 15 is 0 Å². The molecule has 4 rings (SSSR count). The number of aromatic nitrogens is 1. The van der Waals surface area contributed by atoms with Crippen LogP contribution in [0.2, 0.25) is 0 Å². The van der Waals surface area contributed by atoms with Crippen LogP contribution in [0.4, 0.5) is 13.2 Å². The first-order chi connectivity index (χ1) is 18.7. The van der Waals surface area contributed by atoms with Gasteiger partial charge in [-0.25, -0.2) is 13.2 Å². The fourth-order valence-corrected chi connectivity index (χ4v) is 5.37. The maximum Gasteiger partial charge on any atom is 0.303 e. The summed E-state index contributed by atoms with van der Waals surface area (Å²) in [6.45, 7) is 1.51.